The maximum atomic E-state index is 10.9. The van der Waals surface area contributed by atoms with Gasteiger partial charge in [-0.3, -0.25) is 0 Å². The molecule has 1 aliphatic carbocycles. The molecule has 1 N–H and O–H groups in total. The van der Waals surface area contributed by atoms with E-state index in [-0.39, 0.29) is 0 Å². The summed E-state index contributed by atoms with van der Waals surface area (Å²) in [6.07, 6.45) is 3.66. The zero-order chi connectivity index (χ0) is 16.4. The number of hydrogen-bond acceptors (Lipinski definition) is 1. The highest BCUT2D eigenvalue weighted by molar-refractivity contribution is 6.02. The van der Waals surface area contributed by atoms with Crippen LogP contribution in [0, 0.1) is 0 Å². The molecule has 3 aromatic carbocycles. The molecular weight excluding hydrogens is 292 g/mol. The van der Waals surface area contributed by atoms with E-state index >= 15 is 0 Å². The van der Waals surface area contributed by atoms with Crippen molar-refractivity contribution < 1.29 is 5.11 Å². The summed E-state index contributed by atoms with van der Waals surface area (Å²) in [5, 5.41) is 10.9. The first-order valence-corrected chi connectivity index (χ1v) is 8.14. The van der Waals surface area contributed by atoms with E-state index in [2.05, 4.69) is 36.4 Å². The highest BCUT2D eigenvalue weighted by Gasteiger charge is 2.24. The monoisotopic (exact) mass is 310 g/mol. The van der Waals surface area contributed by atoms with Crippen LogP contribution in [0.2, 0.25) is 0 Å². The first-order chi connectivity index (χ1) is 11.8. The minimum absolute atomic E-state index is 0.617. The van der Waals surface area contributed by atoms with Crippen LogP contribution < -0.4 is 0 Å². The van der Waals surface area contributed by atoms with Gasteiger partial charge in [0.15, 0.2) is 0 Å². The Morgan fingerprint density at radius 2 is 1.25 bits per heavy atom. The molecule has 4 rings (SSSR count). The lowest BCUT2D eigenvalue weighted by molar-refractivity contribution is 0.238. The number of benzene rings is 3. The standard InChI is InChI=1S/C23H18O/c24-23(18-11-5-2-6-12-18)22-16-19(15-17-9-3-1-4-10-17)20-13-7-8-14-21(20)22/h1-16,23-24H/b19-15+. The van der Waals surface area contributed by atoms with Gasteiger partial charge in [0.1, 0.15) is 6.10 Å². The van der Waals surface area contributed by atoms with Gasteiger partial charge in [-0.2, -0.15) is 0 Å². The van der Waals surface area contributed by atoms with Gasteiger partial charge in [-0.1, -0.05) is 84.9 Å². The van der Waals surface area contributed by atoms with Crippen molar-refractivity contribution in [3.63, 3.8) is 0 Å². The third-order valence-electron chi connectivity index (χ3n) is 4.39. The fraction of sp³-hybridized carbons (Fsp3) is 0.0435. The maximum absolute atomic E-state index is 10.9. The van der Waals surface area contributed by atoms with Crippen molar-refractivity contribution in [3.05, 3.63) is 113 Å². The Kier molecular flexibility index (Phi) is 3.86. The molecule has 0 saturated carbocycles. The Morgan fingerprint density at radius 3 is 1.96 bits per heavy atom. The molecule has 1 heteroatoms. The largest absolute Gasteiger partial charge is 0.384 e. The Hall–Kier alpha value is -2.90. The molecule has 1 nitrogen and oxygen atoms in total. The maximum Gasteiger partial charge on any atom is 0.105 e. The smallest absolute Gasteiger partial charge is 0.105 e. The van der Waals surface area contributed by atoms with Gasteiger partial charge in [-0.05, 0) is 45.6 Å². The van der Waals surface area contributed by atoms with Gasteiger partial charge in [0, 0.05) is 0 Å². The summed E-state index contributed by atoms with van der Waals surface area (Å²) < 4.78 is 0. The predicted octanol–water partition coefficient (Wildman–Crippen LogP) is 5.36. The average molecular weight is 310 g/mol. The van der Waals surface area contributed by atoms with E-state index in [1.54, 1.807) is 0 Å². The molecular formula is C23H18O. The number of allylic oxidation sites excluding steroid dienone is 2. The zero-order valence-electron chi connectivity index (χ0n) is 13.3. The number of rotatable bonds is 3. The lowest BCUT2D eigenvalue weighted by atomic mass is 9.96. The average Bonchev–Trinajstić information content (AvgIpc) is 3.01. The topological polar surface area (TPSA) is 20.2 Å². The van der Waals surface area contributed by atoms with Crippen LogP contribution in [-0.4, -0.2) is 5.11 Å². The van der Waals surface area contributed by atoms with E-state index < -0.39 is 6.10 Å². The molecule has 3 aromatic rings. The molecule has 0 heterocycles. The summed E-state index contributed by atoms with van der Waals surface area (Å²) >= 11 is 0. The van der Waals surface area contributed by atoms with E-state index in [9.17, 15) is 5.11 Å². The fourth-order valence-electron chi connectivity index (χ4n) is 3.20. The third-order valence-corrected chi connectivity index (χ3v) is 4.39. The highest BCUT2D eigenvalue weighted by atomic mass is 16.3. The lowest BCUT2D eigenvalue weighted by Gasteiger charge is -2.13. The molecule has 1 unspecified atom stereocenters. The minimum Gasteiger partial charge on any atom is -0.384 e. The van der Waals surface area contributed by atoms with Gasteiger partial charge in [-0.25, -0.2) is 0 Å². The second-order valence-corrected chi connectivity index (χ2v) is 5.97. The van der Waals surface area contributed by atoms with Crippen LogP contribution in [0.3, 0.4) is 0 Å². The third kappa shape index (κ3) is 2.70. The van der Waals surface area contributed by atoms with E-state index in [1.807, 2.05) is 60.7 Å². The number of fused-ring (bicyclic) bond motifs is 1. The summed E-state index contributed by atoms with van der Waals surface area (Å²) in [6.45, 7) is 0. The second-order valence-electron chi connectivity index (χ2n) is 5.97. The SMILES string of the molecule is OC(C1=C/C(=C\c2ccccc2)c2ccccc21)c1ccccc1. The van der Waals surface area contributed by atoms with Crippen molar-refractivity contribution >= 4 is 17.2 Å². The van der Waals surface area contributed by atoms with Crippen LogP contribution in [-0.2, 0) is 0 Å². The van der Waals surface area contributed by atoms with Crippen molar-refractivity contribution in [1.82, 2.24) is 0 Å². The molecule has 1 aliphatic rings. The molecule has 0 aliphatic heterocycles. The van der Waals surface area contributed by atoms with Crippen LogP contribution >= 0.6 is 0 Å². The Bertz CT molecular complexity index is 905. The van der Waals surface area contributed by atoms with Crippen LogP contribution in [0.5, 0.6) is 0 Å². The van der Waals surface area contributed by atoms with Crippen LogP contribution in [0.15, 0.2) is 91.0 Å². The van der Waals surface area contributed by atoms with Crippen LogP contribution in [0.1, 0.15) is 28.4 Å². The molecule has 0 radical (unpaired) electrons. The summed E-state index contributed by atoms with van der Waals surface area (Å²) in [5.74, 6) is 0. The molecule has 0 fully saturated rings. The second kappa shape index (κ2) is 6.31. The van der Waals surface area contributed by atoms with E-state index in [0.29, 0.717) is 0 Å². The molecule has 0 bridgehead atoms. The van der Waals surface area contributed by atoms with Gasteiger partial charge in [0.05, 0.1) is 0 Å². The van der Waals surface area contributed by atoms with Gasteiger partial charge in [0.2, 0.25) is 0 Å². The normalized spacial score (nSPS) is 15.9. The molecule has 1 atom stereocenters. The lowest BCUT2D eigenvalue weighted by Crippen LogP contribution is -1.99. The fourth-order valence-corrected chi connectivity index (χ4v) is 3.20. The van der Waals surface area contributed by atoms with Gasteiger partial charge >= 0.3 is 0 Å². The Balaban J connectivity index is 1.80. The summed E-state index contributed by atoms with van der Waals surface area (Å²) in [4.78, 5) is 0. The molecule has 0 aromatic heterocycles. The summed E-state index contributed by atoms with van der Waals surface area (Å²) in [6, 6.07) is 28.4. The van der Waals surface area contributed by atoms with E-state index in [0.717, 1.165) is 27.8 Å². The number of hydrogen-bond donors (Lipinski definition) is 1. The first kappa shape index (κ1) is 14.7. The highest BCUT2D eigenvalue weighted by Crippen LogP contribution is 2.42. The van der Waals surface area contributed by atoms with Crippen molar-refractivity contribution in [3.8, 4) is 0 Å². The summed E-state index contributed by atoms with van der Waals surface area (Å²) in [7, 11) is 0. The molecule has 0 amide bonds. The molecule has 0 spiro atoms. The van der Waals surface area contributed by atoms with Gasteiger partial charge in [-0.15, -0.1) is 0 Å². The molecule has 24 heavy (non-hydrogen) atoms. The first-order valence-electron chi connectivity index (χ1n) is 8.14. The van der Waals surface area contributed by atoms with E-state index in [4.69, 9.17) is 0 Å². The zero-order valence-corrected chi connectivity index (χ0v) is 13.3. The summed E-state index contributed by atoms with van der Waals surface area (Å²) in [5.41, 5.74) is 6.46. The van der Waals surface area contributed by atoms with Crippen LogP contribution in [0.25, 0.3) is 17.2 Å². The molecule has 116 valence electrons. The van der Waals surface area contributed by atoms with Crippen molar-refractivity contribution in [2.75, 3.05) is 0 Å². The Labute approximate surface area is 142 Å². The predicted molar refractivity (Wildman–Crippen MR) is 100 cm³/mol. The van der Waals surface area contributed by atoms with Gasteiger partial charge in [0.25, 0.3) is 0 Å². The van der Waals surface area contributed by atoms with Crippen molar-refractivity contribution in [2.45, 2.75) is 6.10 Å². The number of aliphatic hydroxyl groups is 1. The Morgan fingerprint density at radius 1 is 0.667 bits per heavy atom. The quantitative estimate of drug-likeness (QED) is 0.690. The van der Waals surface area contributed by atoms with Crippen molar-refractivity contribution in [2.24, 2.45) is 0 Å². The minimum atomic E-state index is -0.617. The van der Waals surface area contributed by atoms with Crippen molar-refractivity contribution in [1.29, 1.82) is 0 Å². The van der Waals surface area contributed by atoms with Gasteiger partial charge < -0.3 is 5.11 Å². The number of aliphatic hydroxyl groups excluding tert-OH is 1. The van der Waals surface area contributed by atoms with E-state index in [1.165, 1.54) is 5.56 Å². The molecule has 0 saturated heterocycles. The van der Waals surface area contributed by atoms with Crippen LogP contribution in [0.4, 0.5) is 0 Å².